The minimum Gasteiger partial charge on any atom is -0.384 e. The van der Waals surface area contributed by atoms with Gasteiger partial charge in [0.25, 0.3) is 0 Å². The van der Waals surface area contributed by atoms with Crippen molar-refractivity contribution in [3.63, 3.8) is 0 Å². The smallest absolute Gasteiger partial charge is 0.105 e. The molecule has 0 saturated heterocycles. The fourth-order valence-corrected chi connectivity index (χ4v) is 2.47. The van der Waals surface area contributed by atoms with E-state index < -0.39 is 6.10 Å². The predicted molar refractivity (Wildman–Crippen MR) is 74.4 cm³/mol. The maximum atomic E-state index is 10.4. The van der Waals surface area contributed by atoms with Crippen LogP contribution in [0.2, 0.25) is 5.02 Å². The van der Waals surface area contributed by atoms with Gasteiger partial charge < -0.3 is 5.11 Å². The number of rotatable bonds is 2. The Morgan fingerprint density at radius 1 is 1.06 bits per heavy atom. The van der Waals surface area contributed by atoms with E-state index in [4.69, 9.17) is 11.6 Å². The first-order valence-electron chi connectivity index (χ1n) is 5.28. The summed E-state index contributed by atoms with van der Waals surface area (Å²) in [5, 5.41) is 11.1. The van der Waals surface area contributed by atoms with Crippen LogP contribution in [0.3, 0.4) is 0 Å². The number of hydrogen-bond donors (Lipinski definition) is 1. The predicted octanol–water partition coefficient (Wildman–Crippen LogP) is 4.49. The van der Waals surface area contributed by atoms with Crippen molar-refractivity contribution in [2.45, 2.75) is 13.0 Å². The molecule has 0 heterocycles. The second-order valence-electron chi connectivity index (χ2n) is 3.88. The van der Waals surface area contributed by atoms with Crippen LogP contribution in [-0.4, -0.2) is 5.11 Å². The Labute approximate surface area is 114 Å². The van der Waals surface area contributed by atoms with E-state index >= 15 is 0 Å². The quantitative estimate of drug-likeness (QED) is 0.866. The molecule has 0 fully saturated rings. The first kappa shape index (κ1) is 12.6. The van der Waals surface area contributed by atoms with Gasteiger partial charge in [-0.05, 0) is 35.7 Å². The van der Waals surface area contributed by atoms with Crippen molar-refractivity contribution in [3.05, 3.63) is 68.7 Å². The first-order chi connectivity index (χ1) is 8.11. The van der Waals surface area contributed by atoms with E-state index in [1.807, 2.05) is 49.4 Å². The number of benzene rings is 2. The number of halogens is 2. The zero-order valence-electron chi connectivity index (χ0n) is 9.32. The molecule has 0 saturated carbocycles. The molecule has 1 nitrogen and oxygen atoms in total. The monoisotopic (exact) mass is 310 g/mol. The molecule has 2 rings (SSSR count). The maximum absolute atomic E-state index is 10.4. The summed E-state index contributed by atoms with van der Waals surface area (Å²) in [6, 6.07) is 13.2. The van der Waals surface area contributed by atoms with Gasteiger partial charge in [-0.1, -0.05) is 57.9 Å². The van der Waals surface area contributed by atoms with Gasteiger partial charge in [-0.15, -0.1) is 0 Å². The highest BCUT2D eigenvalue weighted by atomic mass is 79.9. The van der Waals surface area contributed by atoms with Gasteiger partial charge in [0.2, 0.25) is 0 Å². The average molecular weight is 312 g/mol. The summed E-state index contributed by atoms with van der Waals surface area (Å²) < 4.78 is 0.895. The fraction of sp³-hybridized carbons (Fsp3) is 0.143. The molecule has 0 unspecified atom stereocenters. The van der Waals surface area contributed by atoms with Crippen LogP contribution >= 0.6 is 27.5 Å². The highest BCUT2D eigenvalue weighted by Crippen LogP contribution is 2.32. The van der Waals surface area contributed by atoms with E-state index in [1.165, 1.54) is 0 Å². The van der Waals surface area contributed by atoms with E-state index in [2.05, 4.69) is 15.9 Å². The summed E-state index contributed by atoms with van der Waals surface area (Å²) in [4.78, 5) is 0. The second kappa shape index (κ2) is 5.21. The van der Waals surface area contributed by atoms with E-state index in [1.54, 1.807) is 0 Å². The van der Waals surface area contributed by atoms with Gasteiger partial charge in [0.05, 0.1) is 0 Å². The molecule has 0 amide bonds. The van der Waals surface area contributed by atoms with Gasteiger partial charge in [-0.2, -0.15) is 0 Å². The van der Waals surface area contributed by atoms with Crippen LogP contribution in [0.15, 0.2) is 46.9 Å². The van der Waals surface area contributed by atoms with Gasteiger partial charge in [0.15, 0.2) is 0 Å². The SMILES string of the molecule is Cc1c(Cl)cccc1[C@H](O)c1ccccc1Br. The van der Waals surface area contributed by atoms with Crippen molar-refractivity contribution >= 4 is 27.5 Å². The molecular formula is C14H12BrClO. The Morgan fingerprint density at radius 3 is 2.41 bits per heavy atom. The summed E-state index contributed by atoms with van der Waals surface area (Å²) in [5.74, 6) is 0. The van der Waals surface area contributed by atoms with Gasteiger partial charge in [0, 0.05) is 9.50 Å². The second-order valence-corrected chi connectivity index (χ2v) is 5.14. The van der Waals surface area contributed by atoms with Crippen molar-refractivity contribution in [3.8, 4) is 0 Å². The highest BCUT2D eigenvalue weighted by molar-refractivity contribution is 9.10. The van der Waals surface area contributed by atoms with Gasteiger partial charge >= 0.3 is 0 Å². The lowest BCUT2D eigenvalue weighted by Crippen LogP contribution is -2.03. The van der Waals surface area contributed by atoms with E-state index in [9.17, 15) is 5.11 Å². The molecule has 0 bridgehead atoms. The summed E-state index contributed by atoms with van der Waals surface area (Å²) in [6.45, 7) is 1.91. The van der Waals surface area contributed by atoms with Crippen LogP contribution in [0, 0.1) is 6.92 Å². The molecule has 1 N–H and O–H groups in total. The molecule has 0 radical (unpaired) electrons. The lowest BCUT2D eigenvalue weighted by atomic mass is 9.97. The highest BCUT2D eigenvalue weighted by Gasteiger charge is 2.16. The molecular weight excluding hydrogens is 300 g/mol. The van der Waals surface area contributed by atoms with Crippen molar-refractivity contribution in [2.24, 2.45) is 0 Å². The van der Waals surface area contributed by atoms with Gasteiger partial charge in [-0.25, -0.2) is 0 Å². The Bertz CT molecular complexity index is 539. The molecule has 2 aromatic carbocycles. The number of aliphatic hydroxyl groups is 1. The average Bonchev–Trinajstić information content (AvgIpc) is 2.32. The molecule has 0 aliphatic carbocycles. The Hall–Kier alpha value is -0.830. The summed E-state index contributed by atoms with van der Waals surface area (Å²) in [7, 11) is 0. The first-order valence-corrected chi connectivity index (χ1v) is 6.46. The van der Waals surface area contributed by atoms with E-state index in [-0.39, 0.29) is 0 Å². The summed E-state index contributed by atoms with van der Waals surface area (Å²) in [5.41, 5.74) is 2.60. The molecule has 0 aliphatic rings. The molecule has 88 valence electrons. The Morgan fingerprint density at radius 2 is 1.71 bits per heavy atom. The van der Waals surface area contributed by atoms with Crippen LogP contribution in [0.25, 0.3) is 0 Å². The van der Waals surface area contributed by atoms with Crippen LogP contribution in [-0.2, 0) is 0 Å². The zero-order valence-corrected chi connectivity index (χ0v) is 11.7. The molecule has 0 aromatic heterocycles. The zero-order chi connectivity index (χ0) is 12.4. The normalized spacial score (nSPS) is 12.5. The maximum Gasteiger partial charge on any atom is 0.105 e. The molecule has 1 atom stereocenters. The minimum absolute atomic E-state index is 0.663. The lowest BCUT2D eigenvalue weighted by molar-refractivity contribution is 0.219. The minimum atomic E-state index is -0.663. The summed E-state index contributed by atoms with van der Waals surface area (Å²) >= 11 is 9.51. The third-order valence-electron chi connectivity index (χ3n) is 2.80. The Balaban J connectivity index is 2.48. The number of aliphatic hydroxyl groups excluding tert-OH is 1. The third-order valence-corrected chi connectivity index (χ3v) is 3.94. The van der Waals surface area contributed by atoms with Crippen molar-refractivity contribution in [1.29, 1.82) is 0 Å². The van der Waals surface area contributed by atoms with Gasteiger partial charge in [0.1, 0.15) is 6.10 Å². The van der Waals surface area contributed by atoms with Crippen LogP contribution < -0.4 is 0 Å². The van der Waals surface area contributed by atoms with Crippen molar-refractivity contribution in [1.82, 2.24) is 0 Å². The largest absolute Gasteiger partial charge is 0.384 e. The third kappa shape index (κ3) is 2.54. The van der Waals surface area contributed by atoms with E-state index in [0.717, 1.165) is 21.2 Å². The lowest BCUT2D eigenvalue weighted by Gasteiger charge is -2.16. The molecule has 3 heteroatoms. The standard InChI is InChI=1S/C14H12BrClO/c1-9-10(6-4-8-13(9)16)14(17)11-5-2-3-7-12(11)15/h2-8,14,17H,1H3/t14-/m0/s1. The van der Waals surface area contributed by atoms with Crippen LogP contribution in [0.1, 0.15) is 22.8 Å². The van der Waals surface area contributed by atoms with Crippen LogP contribution in [0.5, 0.6) is 0 Å². The van der Waals surface area contributed by atoms with Gasteiger partial charge in [-0.3, -0.25) is 0 Å². The molecule has 2 aromatic rings. The van der Waals surface area contributed by atoms with E-state index in [0.29, 0.717) is 5.02 Å². The Kier molecular flexibility index (Phi) is 3.87. The fourth-order valence-electron chi connectivity index (χ4n) is 1.78. The van der Waals surface area contributed by atoms with Crippen molar-refractivity contribution in [2.75, 3.05) is 0 Å². The summed E-state index contributed by atoms with van der Waals surface area (Å²) in [6.07, 6.45) is -0.663. The molecule has 17 heavy (non-hydrogen) atoms. The number of hydrogen-bond acceptors (Lipinski definition) is 1. The topological polar surface area (TPSA) is 20.2 Å². The van der Waals surface area contributed by atoms with Crippen molar-refractivity contribution < 1.29 is 5.11 Å². The molecule has 0 aliphatic heterocycles. The molecule has 0 spiro atoms. The van der Waals surface area contributed by atoms with Crippen LogP contribution in [0.4, 0.5) is 0 Å².